The van der Waals surface area contributed by atoms with Crippen LogP contribution < -0.4 is 10.6 Å². The van der Waals surface area contributed by atoms with Crippen LogP contribution in [0.15, 0.2) is 24.4 Å². The van der Waals surface area contributed by atoms with Crippen molar-refractivity contribution in [1.82, 2.24) is 25.3 Å². The summed E-state index contributed by atoms with van der Waals surface area (Å²) in [5.41, 5.74) is 2.39. The number of thiazole rings is 1. The highest BCUT2D eigenvalue weighted by molar-refractivity contribution is 7.22. The van der Waals surface area contributed by atoms with E-state index in [-0.39, 0.29) is 18.3 Å². The molecule has 2 N–H and O–H groups in total. The standard InChI is InChI=1S/C16H18N6OS.ClH/c1-10-2-3-12-14(8-10)24-16(18-12)19-15(23)13-9-22(21-20-13)11-4-6-17-7-5-11;/h2-3,8-9,11,17H,4-7H2,1H3,(H,18,19,23);1H. The number of hydrogen-bond acceptors (Lipinski definition) is 6. The molecule has 0 spiro atoms. The second kappa shape index (κ2) is 7.47. The molecule has 0 bridgehead atoms. The quantitative estimate of drug-likeness (QED) is 0.732. The molecule has 3 aromatic rings. The van der Waals surface area contributed by atoms with Gasteiger partial charge < -0.3 is 5.32 Å². The van der Waals surface area contributed by atoms with E-state index in [4.69, 9.17) is 0 Å². The lowest BCUT2D eigenvalue weighted by molar-refractivity contribution is 0.102. The summed E-state index contributed by atoms with van der Waals surface area (Å²) in [6.45, 7) is 3.98. The van der Waals surface area contributed by atoms with Crippen LogP contribution in [0.4, 0.5) is 5.13 Å². The Balaban J connectivity index is 0.00000182. The lowest BCUT2D eigenvalue weighted by atomic mass is 10.1. The number of fused-ring (bicyclic) bond motifs is 1. The van der Waals surface area contributed by atoms with Gasteiger partial charge >= 0.3 is 0 Å². The number of nitrogens with one attached hydrogen (secondary N) is 2. The fraction of sp³-hybridized carbons (Fsp3) is 0.375. The molecule has 4 rings (SSSR count). The van der Waals surface area contributed by atoms with Crippen molar-refractivity contribution in [3.8, 4) is 0 Å². The third-order valence-electron chi connectivity index (χ3n) is 4.19. The van der Waals surface area contributed by atoms with Crippen molar-refractivity contribution < 1.29 is 4.79 Å². The fourth-order valence-corrected chi connectivity index (χ4v) is 3.84. The lowest BCUT2D eigenvalue weighted by Gasteiger charge is -2.21. The summed E-state index contributed by atoms with van der Waals surface area (Å²) in [5.74, 6) is -0.272. The number of aromatic nitrogens is 4. The number of carbonyl (C=O) groups is 1. The monoisotopic (exact) mass is 378 g/mol. The highest BCUT2D eigenvalue weighted by Gasteiger charge is 2.19. The van der Waals surface area contributed by atoms with Crippen molar-refractivity contribution in [1.29, 1.82) is 0 Å². The van der Waals surface area contributed by atoms with Gasteiger partial charge in [-0.1, -0.05) is 22.6 Å². The predicted octanol–water partition coefficient (Wildman–Crippen LogP) is 2.79. The second-order valence-corrected chi connectivity index (χ2v) is 7.04. The van der Waals surface area contributed by atoms with Crippen molar-refractivity contribution in [2.75, 3.05) is 18.4 Å². The summed E-state index contributed by atoms with van der Waals surface area (Å²) < 4.78 is 2.86. The van der Waals surface area contributed by atoms with E-state index in [1.54, 1.807) is 10.9 Å². The van der Waals surface area contributed by atoms with Gasteiger partial charge in [-0.3, -0.25) is 10.1 Å². The van der Waals surface area contributed by atoms with E-state index in [0.717, 1.165) is 36.1 Å². The molecule has 0 radical (unpaired) electrons. The lowest BCUT2D eigenvalue weighted by Crippen LogP contribution is -2.29. The molecule has 1 fully saturated rings. The smallest absolute Gasteiger partial charge is 0.279 e. The first-order valence-electron chi connectivity index (χ1n) is 8.00. The minimum absolute atomic E-state index is 0. The van der Waals surface area contributed by atoms with E-state index in [0.29, 0.717) is 16.9 Å². The molecule has 1 amide bonds. The Kier molecular flexibility index (Phi) is 5.31. The number of nitrogens with zero attached hydrogens (tertiary/aromatic N) is 4. The molecule has 3 heterocycles. The Morgan fingerprint density at radius 3 is 2.96 bits per heavy atom. The van der Waals surface area contributed by atoms with Crippen molar-refractivity contribution in [2.45, 2.75) is 25.8 Å². The number of piperidine rings is 1. The molecule has 7 nitrogen and oxygen atoms in total. The van der Waals surface area contributed by atoms with Crippen LogP contribution in [0.5, 0.6) is 0 Å². The van der Waals surface area contributed by atoms with Crippen LogP contribution in [0.1, 0.15) is 34.9 Å². The maximum atomic E-state index is 12.4. The van der Waals surface area contributed by atoms with Gasteiger partial charge in [0.2, 0.25) is 0 Å². The largest absolute Gasteiger partial charge is 0.317 e. The molecular weight excluding hydrogens is 360 g/mol. The maximum Gasteiger partial charge on any atom is 0.279 e. The topological polar surface area (TPSA) is 84.7 Å². The molecule has 0 atom stereocenters. The number of halogens is 1. The van der Waals surface area contributed by atoms with Gasteiger partial charge in [-0.15, -0.1) is 17.5 Å². The van der Waals surface area contributed by atoms with Gasteiger partial charge in [0.25, 0.3) is 5.91 Å². The zero-order chi connectivity index (χ0) is 16.5. The molecule has 0 unspecified atom stereocenters. The van der Waals surface area contributed by atoms with Crippen molar-refractivity contribution in [2.24, 2.45) is 0 Å². The Hall–Kier alpha value is -2.03. The molecule has 0 aliphatic carbocycles. The Labute approximate surface area is 155 Å². The first kappa shape index (κ1) is 17.8. The number of amides is 1. The molecule has 1 aromatic carbocycles. The summed E-state index contributed by atoms with van der Waals surface area (Å²) in [5, 5.41) is 14.9. The first-order chi connectivity index (χ1) is 11.7. The number of rotatable bonds is 3. The average molecular weight is 379 g/mol. The van der Waals surface area contributed by atoms with Crippen molar-refractivity contribution >= 4 is 45.0 Å². The third kappa shape index (κ3) is 3.81. The van der Waals surface area contributed by atoms with Gasteiger partial charge in [0.15, 0.2) is 10.8 Å². The van der Waals surface area contributed by atoms with E-state index in [1.807, 2.05) is 19.1 Å². The van der Waals surface area contributed by atoms with Crippen LogP contribution >= 0.6 is 23.7 Å². The number of aryl methyl sites for hydroxylation is 1. The van der Waals surface area contributed by atoms with E-state index < -0.39 is 0 Å². The fourth-order valence-electron chi connectivity index (χ4n) is 2.88. The van der Waals surface area contributed by atoms with Crippen molar-refractivity contribution in [3.63, 3.8) is 0 Å². The van der Waals surface area contributed by atoms with Gasteiger partial charge in [0, 0.05) is 0 Å². The van der Waals surface area contributed by atoms with Crippen LogP contribution in [0, 0.1) is 6.92 Å². The minimum Gasteiger partial charge on any atom is -0.317 e. The Morgan fingerprint density at radius 2 is 2.16 bits per heavy atom. The molecule has 132 valence electrons. The zero-order valence-electron chi connectivity index (χ0n) is 13.7. The summed E-state index contributed by atoms with van der Waals surface area (Å²) in [7, 11) is 0. The van der Waals surface area contributed by atoms with Crippen LogP contribution in [0.25, 0.3) is 10.2 Å². The third-order valence-corrected chi connectivity index (χ3v) is 5.12. The van der Waals surface area contributed by atoms with E-state index >= 15 is 0 Å². The summed E-state index contributed by atoms with van der Waals surface area (Å²) in [4.78, 5) is 16.8. The van der Waals surface area contributed by atoms with Gasteiger partial charge in [-0.25, -0.2) is 9.67 Å². The summed E-state index contributed by atoms with van der Waals surface area (Å²) in [6.07, 6.45) is 3.73. The number of carbonyl (C=O) groups excluding carboxylic acids is 1. The molecule has 2 aromatic heterocycles. The second-order valence-electron chi connectivity index (χ2n) is 6.01. The highest BCUT2D eigenvalue weighted by atomic mass is 35.5. The molecular formula is C16H19ClN6OS. The van der Waals surface area contributed by atoms with Gasteiger partial charge in [-0.05, 0) is 50.6 Å². The zero-order valence-corrected chi connectivity index (χ0v) is 15.4. The highest BCUT2D eigenvalue weighted by Crippen LogP contribution is 2.27. The predicted molar refractivity (Wildman–Crippen MR) is 101 cm³/mol. The molecule has 0 saturated carbocycles. The Morgan fingerprint density at radius 1 is 1.36 bits per heavy atom. The van der Waals surface area contributed by atoms with Crippen LogP contribution in [0.3, 0.4) is 0 Å². The van der Waals surface area contributed by atoms with E-state index in [9.17, 15) is 4.79 Å². The summed E-state index contributed by atoms with van der Waals surface area (Å²) in [6, 6.07) is 6.35. The number of anilines is 1. The molecule has 1 aliphatic rings. The number of hydrogen-bond donors (Lipinski definition) is 2. The van der Waals surface area contributed by atoms with Gasteiger partial charge in [0.05, 0.1) is 22.5 Å². The number of benzene rings is 1. The molecule has 25 heavy (non-hydrogen) atoms. The van der Waals surface area contributed by atoms with Crippen molar-refractivity contribution in [3.05, 3.63) is 35.7 Å². The van der Waals surface area contributed by atoms with Crippen LogP contribution in [0.2, 0.25) is 0 Å². The average Bonchev–Trinajstić information content (AvgIpc) is 3.22. The van der Waals surface area contributed by atoms with Gasteiger partial charge in [0.1, 0.15) is 0 Å². The normalized spacial score (nSPS) is 15.1. The molecule has 1 saturated heterocycles. The molecule has 9 heteroatoms. The van der Waals surface area contributed by atoms with Crippen LogP contribution in [-0.4, -0.2) is 39.0 Å². The first-order valence-corrected chi connectivity index (χ1v) is 8.82. The van der Waals surface area contributed by atoms with Crippen LogP contribution in [-0.2, 0) is 0 Å². The van der Waals surface area contributed by atoms with Gasteiger partial charge in [-0.2, -0.15) is 0 Å². The Bertz CT molecular complexity index is 886. The minimum atomic E-state index is -0.272. The summed E-state index contributed by atoms with van der Waals surface area (Å²) >= 11 is 1.46. The SMILES string of the molecule is Cc1ccc2nc(NC(=O)c3cn(C4CCNCC4)nn3)sc2c1.Cl. The molecule has 1 aliphatic heterocycles. The van der Waals surface area contributed by atoms with E-state index in [2.05, 4.69) is 32.0 Å². The van der Waals surface area contributed by atoms with E-state index in [1.165, 1.54) is 16.9 Å². The maximum absolute atomic E-state index is 12.4.